The van der Waals surface area contributed by atoms with Gasteiger partial charge in [0.25, 0.3) is 0 Å². The molecule has 1 saturated carbocycles. The minimum absolute atomic E-state index is 0.0112. The Morgan fingerprint density at radius 1 is 1.45 bits per heavy atom. The van der Waals surface area contributed by atoms with Gasteiger partial charge in [0.1, 0.15) is 0 Å². The number of hydrogen-bond acceptors (Lipinski definition) is 2. The zero-order chi connectivity index (χ0) is 14.6. The number of halogens is 1. The van der Waals surface area contributed by atoms with Gasteiger partial charge >= 0.3 is 0 Å². The summed E-state index contributed by atoms with van der Waals surface area (Å²) in [5, 5.41) is 12.0. The summed E-state index contributed by atoms with van der Waals surface area (Å²) in [5.74, 6) is 0.106. The minimum Gasteiger partial charge on any atom is -0.396 e. The maximum Gasteiger partial charge on any atom is 0.230 e. The monoisotopic (exact) mass is 339 g/mol. The molecule has 4 heteroatoms. The first kappa shape index (κ1) is 15.5. The number of aliphatic hydroxyl groups is 1. The molecule has 1 aromatic rings. The van der Waals surface area contributed by atoms with Crippen LogP contribution in [0, 0.1) is 0 Å². The van der Waals surface area contributed by atoms with Gasteiger partial charge in [0.05, 0.1) is 5.41 Å². The first-order valence-corrected chi connectivity index (χ1v) is 8.06. The highest BCUT2D eigenvalue weighted by Gasteiger charge is 2.42. The fourth-order valence-electron chi connectivity index (χ4n) is 3.04. The number of rotatable bonds is 5. The second-order valence-corrected chi connectivity index (χ2v) is 6.60. The summed E-state index contributed by atoms with van der Waals surface area (Å²) in [7, 11) is 0. The van der Waals surface area contributed by atoms with Crippen LogP contribution < -0.4 is 5.32 Å². The Morgan fingerprint density at radius 2 is 2.15 bits per heavy atom. The lowest BCUT2D eigenvalue weighted by Gasteiger charge is -2.30. The Labute approximate surface area is 128 Å². The first-order valence-electron chi connectivity index (χ1n) is 7.26. The lowest BCUT2D eigenvalue weighted by molar-refractivity contribution is -0.127. The van der Waals surface area contributed by atoms with Crippen molar-refractivity contribution in [2.75, 3.05) is 6.61 Å². The van der Waals surface area contributed by atoms with E-state index in [1.54, 1.807) is 0 Å². The van der Waals surface area contributed by atoms with Crippen molar-refractivity contribution < 1.29 is 9.90 Å². The summed E-state index contributed by atoms with van der Waals surface area (Å²) >= 11 is 3.49. The SMILES string of the molecule is CC(CCO)NC(=O)C1(c2cccc(Br)c2)CCCC1. The van der Waals surface area contributed by atoms with Crippen molar-refractivity contribution >= 4 is 21.8 Å². The van der Waals surface area contributed by atoms with E-state index >= 15 is 0 Å². The number of aliphatic hydroxyl groups excluding tert-OH is 1. The first-order chi connectivity index (χ1) is 9.58. The summed E-state index contributed by atoms with van der Waals surface area (Å²) in [6.07, 6.45) is 4.59. The molecule has 1 aliphatic carbocycles. The predicted octanol–water partition coefficient (Wildman–Crippen LogP) is 3.15. The Kier molecular flexibility index (Phi) is 5.22. The molecule has 110 valence electrons. The van der Waals surface area contributed by atoms with E-state index in [1.807, 2.05) is 25.1 Å². The average molecular weight is 340 g/mol. The van der Waals surface area contributed by atoms with E-state index < -0.39 is 5.41 Å². The van der Waals surface area contributed by atoms with E-state index in [0.29, 0.717) is 6.42 Å². The van der Waals surface area contributed by atoms with Crippen LogP contribution in [0.4, 0.5) is 0 Å². The number of benzene rings is 1. The molecule has 0 heterocycles. The van der Waals surface area contributed by atoms with Gasteiger partial charge < -0.3 is 10.4 Å². The Morgan fingerprint density at radius 3 is 2.75 bits per heavy atom. The molecular weight excluding hydrogens is 318 g/mol. The van der Waals surface area contributed by atoms with Crippen LogP contribution in [0.1, 0.15) is 44.6 Å². The van der Waals surface area contributed by atoms with Crippen molar-refractivity contribution in [3.8, 4) is 0 Å². The highest BCUT2D eigenvalue weighted by Crippen LogP contribution is 2.42. The van der Waals surface area contributed by atoms with Crippen molar-refractivity contribution in [3.63, 3.8) is 0 Å². The molecule has 0 radical (unpaired) electrons. The van der Waals surface area contributed by atoms with Gasteiger partial charge in [-0.2, -0.15) is 0 Å². The third-order valence-corrected chi connectivity index (χ3v) is 4.70. The van der Waals surface area contributed by atoms with E-state index in [-0.39, 0.29) is 18.6 Å². The zero-order valence-electron chi connectivity index (χ0n) is 11.9. The summed E-state index contributed by atoms with van der Waals surface area (Å²) < 4.78 is 1.01. The topological polar surface area (TPSA) is 49.3 Å². The molecule has 1 amide bonds. The average Bonchev–Trinajstić information content (AvgIpc) is 2.89. The van der Waals surface area contributed by atoms with Crippen LogP contribution in [0.25, 0.3) is 0 Å². The van der Waals surface area contributed by atoms with Crippen molar-refractivity contribution in [1.82, 2.24) is 5.32 Å². The second-order valence-electron chi connectivity index (χ2n) is 5.69. The van der Waals surface area contributed by atoms with Crippen LogP contribution in [-0.2, 0) is 10.2 Å². The minimum atomic E-state index is -0.395. The molecule has 1 aromatic carbocycles. The van der Waals surface area contributed by atoms with Gasteiger partial charge in [-0.3, -0.25) is 4.79 Å². The van der Waals surface area contributed by atoms with Gasteiger partial charge in [-0.25, -0.2) is 0 Å². The number of nitrogens with one attached hydrogen (secondary N) is 1. The second kappa shape index (κ2) is 6.72. The summed E-state index contributed by atoms with van der Waals surface area (Å²) in [6.45, 7) is 2.04. The highest BCUT2D eigenvalue weighted by atomic mass is 79.9. The number of hydrogen-bond donors (Lipinski definition) is 2. The van der Waals surface area contributed by atoms with Crippen molar-refractivity contribution in [2.45, 2.75) is 50.5 Å². The van der Waals surface area contributed by atoms with Gasteiger partial charge in [0.15, 0.2) is 0 Å². The molecule has 1 unspecified atom stereocenters. The molecule has 0 aliphatic heterocycles. The van der Waals surface area contributed by atoms with Crippen molar-refractivity contribution in [2.24, 2.45) is 0 Å². The Hall–Kier alpha value is -0.870. The van der Waals surface area contributed by atoms with Crippen molar-refractivity contribution in [1.29, 1.82) is 0 Å². The molecule has 1 aliphatic rings. The van der Waals surface area contributed by atoms with E-state index in [0.717, 1.165) is 35.7 Å². The van der Waals surface area contributed by atoms with Gasteiger partial charge in [-0.1, -0.05) is 40.9 Å². The molecular formula is C16H22BrNO2. The molecule has 0 spiro atoms. The molecule has 1 fully saturated rings. The van der Waals surface area contributed by atoms with E-state index in [4.69, 9.17) is 5.11 Å². The Bertz CT molecular complexity index is 469. The highest BCUT2D eigenvalue weighted by molar-refractivity contribution is 9.10. The van der Waals surface area contributed by atoms with Crippen LogP contribution >= 0.6 is 15.9 Å². The van der Waals surface area contributed by atoms with E-state index in [2.05, 4.69) is 27.3 Å². The van der Waals surface area contributed by atoms with Gasteiger partial charge in [-0.15, -0.1) is 0 Å². The number of amides is 1. The standard InChI is InChI=1S/C16H22BrNO2/c1-12(7-10-19)18-15(20)16(8-2-3-9-16)13-5-4-6-14(17)11-13/h4-6,11-12,19H,2-3,7-10H2,1H3,(H,18,20). The fourth-order valence-corrected chi connectivity index (χ4v) is 3.44. The van der Waals surface area contributed by atoms with Gasteiger partial charge in [-0.05, 0) is 43.9 Å². The predicted molar refractivity (Wildman–Crippen MR) is 83.6 cm³/mol. The van der Waals surface area contributed by atoms with Crippen LogP contribution in [0.5, 0.6) is 0 Å². The maximum atomic E-state index is 12.8. The van der Waals surface area contributed by atoms with Gasteiger partial charge in [0, 0.05) is 17.1 Å². The van der Waals surface area contributed by atoms with E-state index in [1.165, 1.54) is 0 Å². The van der Waals surface area contributed by atoms with Crippen LogP contribution in [-0.4, -0.2) is 23.7 Å². The normalized spacial score (nSPS) is 18.8. The molecule has 2 N–H and O–H groups in total. The van der Waals surface area contributed by atoms with Crippen LogP contribution in [0.15, 0.2) is 28.7 Å². The molecule has 0 bridgehead atoms. The number of carbonyl (C=O) groups is 1. The molecule has 3 nitrogen and oxygen atoms in total. The van der Waals surface area contributed by atoms with Crippen LogP contribution in [0.3, 0.4) is 0 Å². The third-order valence-electron chi connectivity index (χ3n) is 4.21. The fraction of sp³-hybridized carbons (Fsp3) is 0.562. The third kappa shape index (κ3) is 3.23. The summed E-state index contributed by atoms with van der Waals surface area (Å²) in [6, 6.07) is 8.09. The molecule has 20 heavy (non-hydrogen) atoms. The van der Waals surface area contributed by atoms with E-state index in [9.17, 15) is 4.79 Å². The molecule has 0 aromatic heterocycles. The lowest BCUT2D eigenvalue weighted by Crippen LogP contribution is -2.46. The quantitative estimate of drug-likeness (QED) is 0.865. The zero-order valence-corrected chi connectivity index (χ0v) is 13.4. The maximum absolute atomic E-state index is 12.8. The van der Waals surface area contributed by atoms with Crippen molar-refractivity contribution in [3.05, 3.63) is 34.3 Å². The Balaban J connectivity index is 2.23. The van der Waals surface area contributed by atoms with Crippen LogP contribution in [0.2, 0.25) is 0 Å². The summed E-state index contributed by atoms with van der Waals surface area (Å²) in [4.78, 5) is 12.8. The molecule has 2 rings (SSSR count). The largest absolute Gasteiger partial charge is 0.396 e. The van der Waals surface area contributed by atoms with Gasteiger partial charge in [0.2, 0.25) is 5.91 Å². The molecule has 0 saturated heterocycles. The summed E-state index contributed by atoms with van der Waals surface area (Å²) in [5.41, 5.74) is 0.700. The molecule has 1 atom stereocenters. The smallest absolute Gasteiger partial charge is 0.230 e. The lowest BCUT2D eigenvalue weighted by atomic mass is 9.78. The number of carbonyl (C=O) groups excluding carboxylic acids is 1.